The molecule has 1 rings (SSSR count). The van der Waals surface area contributed by atoms with Gasteiger partial charge in [-0.3, -0.25) is 0 Å². The van der Waals surface area contributed by atoms with Crippen LogP contribution in [0, 0.1) is 13.1 Å². The van der Waals surface area contributed by atoms with Crippen LogP contribution in [0.25, 0.3) is 0 Å². The van der Waals surface area contributed by atoms with Crippen molar-refractivity contribution in [3.05, 3.63) is 18.2 Å². The van der Waals surface area contributed by atoms with Crippen LogP contribution in [-0.4, -0.2) is 22.8 Å². The molecule has 0 fully saturated rings. The fourth-order valence-corrected chi connectivity index (χ4v) is 1.31. The SMILES string of the molecule is CCCOCCCCn1c[c]nc1C. The lowest BCUT2D eigenvalue weighted by atomic mass is 10.3. The maximum Gasteiger partial charge on any atom is 0.109 e. The van der Waals surface area contributed by atoms with E-state index in [-0.39, 0.29) is 0 Å². The molecule has 0 spiro atoms. The van der Waals surface area contributed by atoms with Gasteiger partial charge in [0.1, 0.15) is 12.0 Å². The molecule has 0 saturated heterocycles. The van der Waals surface area contributed by atoms with E-state index < -0.39 is 0 Å². The summed E-state index contributed by atoms with van der Waals surface area (Å²) in [4.78, 5) is 4.05. The molecule has 0 aliphatic carbocycles. The van der Waals surface area contributed by atoms with Crippen molar-refractivity contribution in [2.24, 2.45) is 0 Å². The van der Waals surface area contributed by atoms with Gasteiger partial charge in [-0.15, -0.1) is 0 Å². The molecular weight excluding hydrogens is 176 g/mol. The van der Waals surface area contributed by atoms with E-state index >= 15 is 0 Å². The normalized spacial score (nSPS) is 10.7. The molecule has 1 radical (unpaired) electrons. The average Bonchev–Trinajstić information content (AvgIpc) is 2.58. The first kappa shape index (κ1) is 11.2. The maximum atomic E-state index is 5.40. The quantitative estimate of drug-likeness (QED) is 0.624. The first-order valence-electron chi connectivity index (χ1n) is 5.32. The lowest BCUT2D eigenvalue weighted by molar-refractivity contribution is 0.130. The number of nitrogens with zero attached hydrogens (tertiary/aromatic N) is 2. The van der Waals surface area contributed by atoms with Crippen molar-refractivity contribution in [1.29, 1.82) is 0 Å². The van der Waals surface area contributed by atoms with Gasteiger partial charge in [0.15, 0.2) is 0 Å². The summed E-state index contributed by atoms with van der Waals surface area (Å²) in [6.45, 7) is 6.93. The van der Waals surface area contributed by atoms with Gasteiger partial charge >= 0.3 is 0 Å². The Morgan fingerprint density at radius 3 is 2.93 bits per heavy atom. The fourth-order valence-electron chi connectivity index (χ4n) is 1.31. The minimum absolute atomic E-state index is 0.880. The van der Waals surface area contributed by atoms with Crippen molar-refractivity contribution >= 4 is 0 Å². The molecule has 0 aromatic carbocycles. The van der Waals surface area contributed by atoms with Crippen LogP contribution in [0.15, 0.2) is 6.20 Å². The third-order valence-corrected chi connectivity index (χ3v) is 2.14. The van der Waals surface area contributed by atoms with Gasteiger partial charge in [-0.25, -0.2) is 4.98 Å². The number of aromatic nitrogens is 2. The van der Waals surface area contributed by atoms with E-state index in [0.717, 1.165) is 44.8 Å². The molecule has 14 heavy (non-hydrogen) atoms. The Balaban J connectivity index is 2.02. The van der Waals surface area contributed by atoms with Gasteiger partial charge in [0.05, 0.1) is 0 Å². The van der Waals surface area contributed by atoms with Gasteiger partial charge < -0.3 is 9.30 Å². The smallest absolute Gasteiger partial charge is 0.109 e. The van der Waals surface area contributed by atoms with Gasteiger partial charge in [0, 0.05) is 26.0 Å². The highest BCUT2D eigenvalue weighted by Gasteiger charge is 1.96. The summed E-state index contributed by atoms with van der Waals surface area (Å²) in [7, 11) is 0. The highest BCUT2D eigenvalue weighted by atomic mass is 16.5. The molecule has 0 aliphatic rings. The van der Waals surface area contributed by atoms with Crippen LogP contribution < -0.4 is 0 Å². The Kier molecular flexibility index (Phi) is 5.30. The summed E-state index contributed by atoms with van der Waals surface area (Å²) in [5.41, 5.74) is 0. The molecule has 0 aliphatic heterocycles. The van der Waals surface area contributed by atoms with E-state index in [9.17, 15) is 0 Å². The molecule has 79 valence electrons. The molecule has 1 heterocycles. The Morgan fingerprint density at radius 1 is 1.43 bits per heavy atom. The molecule has 0 atom stereocenters. The summed E-state index contributed by atoms with van der Waals surface area (Å²) >= 11 is 0. The van der Waals surface area contributed by atoms with Crippen molar-refractivity contribution in [3.8, 4) is 0 Å². The minimum Gasteiger partial charge on any atom is -0.381 e. The third-order valence-electron chi connectivity index (χ3n) is 2.14. The third kappa shape index (κ3) is 3.92. The number of imidazole rings is 1. The Hall–Kier alpha value is -0.830. The number of unbranched alkanes of at least 4 members (excludes halogenated alkanes) is 1. The fraction of sp³-hybridized carbons (Fsp3) is 0.727. The van der Waals surface area contributed by atoms with Gasteiger partial charge in [-0.2, -0.15) is 0 Å². The summed E-state index contributed by atoms with van der Waals surface area (Å²) in [5, 5.41) is 0. The maximum absolute atomic E-state index is 5.40. The second kappa shape index (κ2) is 6.60. The Morgan fingerprint density at radius 2 is 2.29 bits per heavy atom. The van der Waals surface area contributed by atoms with E-state index in [2.05, 4.69) is 22.7 Å². The molecule has 3 nitrogen and oxygen atoms in total. The number of hydrogen-bond acceptors (Lipinski definition) is 2. The van der Waals surface area contributed by atoms with Crippen molar-refractivity contribution in [2.75, 3.05) is 13.2 Å². The van der Waals surface area contributed by atoms with Crippen molar-refractivity contribution < 1.29 is 4.74 Å². The van der Waals surface area contributed by atoms with Gasteiger partial charge in [-0.1, -0.05) is 6.92 Å². The van der Waals surface area contributed by atoms with Gasteiger partial charge in [0.25, 0.3) is 0 Å². The number of rotatable bonds is 7. The number of hydrogen-bond donors (Lipinski definition) is 0. The van der Waals surface area contributed by atoms with E-state index in [1.165, 1.54) is 0 Å². The van der Waals surface area contributed by atoms with Crippen molar-refractivity contribution in [3.63, 3.8) is 0 Å². The highest BCUT2D eigenvalue weighted by Crippen LogP contribution is 1.99. The van der Waals surface area contributed by atoms with E-state index in [0.29, 0.717) is 0 Å². The molecule has 0 amide bonds. The van der Waals surface area contributed by atoms with Crippen LogP contribution in [0.3, 0.4) is 0 Å². The van der Waals surface area contributed by atoms with Crippen molar-refractivity contribution in [1.82, 2.24) is 9.55 Å². The summed E-state index contributed by atoms with van der Waals surface area (Å²) in [5.74, 6) is 1.04. The van der Waals surface area contributed by atoms with Crippen LogP contribution in [0.2, 0.25) is 0 Å². The van der Waals surface area contributed by atoms with Gasteiger partial charge in [-0.05, 0) is 26.2 Å². The van der Waals surface area contributed by atoms with E-state index in [4.69, 9.17) is 4.74 Å². The molecule has 0 saturated carbocycles. The highest BCUT2D eigenvalue weighted by molar-refractivity contribution is 4.86. The molecule has 0 N–H and O–H groups in total. The Labute approximate surface area is 86.1 Å². The minimum atomic E-state index is 0.880. The van der Waals surface area contributed by atoms with Crippen LogP contribution in [-0.2, 0) is 11.3 Å². The van der Waals surface area contributed by atoms with Gasteiger partial charge in [0.2, 0.25) is 0 Å². The Bertz CT molecular complexity index is 245. The predicted molar refractivity (Wildman–Crippen MR) is 56.1 cm³/mol. The average molecular weight is 195 g/mol. The number of aryl methyl sites for hydroxylation is 2. The largest absolute Gasteiger partial charge is 0.381 e. The monoisotopic (exact) mass is 195 g/mol. The zero-order valence-corrected chi connectivity index (χ0v) is 9.12. The molecule has 1 aromatic heterocycles. The lowest BCUT2D eigenvalue weighted by Crippen LogP contribution is -2.02. The second-order valence-electron chi connectivity index (χ2n) is 3.43. The molecule has 3 heteroatoms. The zero-order chi connectivity index (χ0) is 10.2. The number of ether oxygens (including phenoxy) is 1. The first-order chi connectivity index (χ1) is 6.84. The molecular formula is C11H19N2O. The zero-order valence-electron chi connectivity index (χ0n) is 9.12. The predicted octanol–water partition coefficient (Wildman–Crippen LogP) is 2.20. The molecule has 1 aromatic rings. The van der Waals surface area contributed by atoms with E-state index in [1.54, 1.807) is 0 Å². The van der Waals surface area contributed by atoms with Crippen molar-refractivity contribution in [2.45, 2.75) is 39.7 Å². The lowest BCUT2D eigenvalue weighted by Gasteiger charge is -2.05. The molecule has 0 unspecified atom stereocenters. The van der Waals surface area contributed by atoms with Crippen LogP contribution in [0.1, 0.15) is 32.0 Å². The topological polar surface area (TPSA) is 27.1 Å². The summed E-state index contributed by atoms with van der Waals surface area (Å²) in [6, 6.07) is 0. The van der Waals surface area contributed by atoms with Crippen LogP contribution >= 0.6 is 0 Å². The summed E-state index contributed by atoms with van der Waals surface area (Å²) in [6.07, 6.45) is 8.12. The first-order valence-corrected chi connectivity index (χ1v) is 5.32. The van der Waals surface area contributed by atoms with Crippen LogP contribution in [0.5, 0.6) is 0 Å². The van der Waals surface area contributed by atoms with E-state index in [1.807, 2.05) is 13.1 Å². The van der Waals surface area contributed by atoms with Crippen LogP contribution in [0.4, 0.5) is 0 Å². The second-order valence-corrected chi connectivity index (χ2v) is 3.43. The molecule has 0 bridgehead atoms. The summed E-state index contributed by atoms with van der Waals surface area (Å²) < 4.78 is 7.52. The standard InChI is InChI=1S/C11H19N2O/c1-3-9-14-10-5-4-7-13-8-6-12-11(13)2/h8H,3-5,7,9-10H2,1-2H3.